The van der Waals surface area contributed by atoms with Crippen molar-refractivity contribution in [2.75, 3.05) is 19.6 Å². The minimum atomic E-state index is 0.778. The smallest absolute Gasteiger partial charge is 0.0246 e. The SMILES string of the molecule is CCCCCCCCN1CC(C2CC2)NCC1C(C)CC. The van der Waals surface area contributed by atoms with Crippen molar-refractivity contribution in [2.24, 2.45) is 11.8 Å². The number of nitrogens with one attached hydrogen (secondary N) is 1. The van der Waals surface area contributed by atoms with E-state index in [1.54, 1.807) is 0 Å². The first kappa shape index (κ1) is 17.3. The highest BCUT2D eigenvalue weighted by Crippen LogP contribution is 2.35. The van der Waals surface area contributed by atoms with Crippen molar-refractivity contribution in [3.05, 3.63) is 0 Å². The molecule has 1 aliphatic heterocycles. The first-order chi connectivity index (χ1) is 10.3. The molecule has 2 fully saturated rings. The zero-order valence-electron chi connectivity index (χ0n) is 14.7. The average Bonchev–Trinajstić information content (AvgIpc) is 3.34. The lowest BCUT2D eigenvalue weighted by molar-refractivity contribution is 0.0838. The van der Waals surface area contributed by atoms with E-state index in [1.165, 1.54) is 77.4 Å². The number of nitrogens with zero attached hydrogens (tertiary/aromatic N) is 1. The van der Waals surface area contributed by atoms with Gasteiger partial charge in [-0.3, -0.25) is 4.90 Å². The van der Waals surface area contributed by atoms with E-state index in [2.05, 4.69) is 31.0 Å². The van der Waals surface area contributed by atoms with Crippen molar-refractivity contribution in [1.82, 2.24) is 10.2 Å². The molecule has 3 unspecified atom stereocenters. The summed E-state index contributed by atoms with van der Waals surface area (Å²) in [6.07, 6.45) is 12.8. The van der Waals surface area contributed by atoms with Gasteiger partial charge in [-0.1, -0.05) is 59.3 Å². The molecule has 1 N–H and O–H groups in total. The summed E-state index contributed by atoms with van der Waals surface area (Å²) in [5.74, 6) is 1.83. The summed E-state index contributed by atoms with van der Waals surface area (Å²) >= 11 is 0. The van der Waals surface area contributed by atoms with Gasteiger partial charge in [-0.25, -0.2) is 0 Å². The van der Waals surface area contributed by atoms with Crippen LogP contribution in [0, 0.1) is 11.8 Å². The molecular weight excluding hydrogens is 256 g/mol. The zero-order valence-corrected chi connectivity index (χ0v) is 14.7. The highest BCUT2D eigenvalue weighted by Gasteiger charge is 2.37. The van der Waals surface area contributed by atoms with Gasteiger partial charge in [0.15, 0.2) is 0 Å². The van der Waals surface area contributed by atoms with Gasteiger partial charge < -0.3 is 5.32 Å². The van der Waals surface area contributed by atoms with Gasteiger partial charge in [-0.05, 0) is 37.6 Å². The standard InChI is InChI=1S/C19H38N2/c1-4-6-7-8-9-10-13-21-15-18(17-11-12-17)20-14-19(21)16(3)5-2/h16-20H,4-15H2,1-3H3. The van der Waals surface area contributed by atoms with Crippen molar-refractivity contribution in [1.29, 1.82) is 0 Å². The van der Waals surface area contributed by atoms with E-state index in [-0.39, 0.29) is 0 Å². The molecule has 0 aromatic heterocycles. The van der Waals surface area contributed by atoms with E-state index >= 15 is 0 Å². The van der Waals surface area contributed by atoms with Gasteiger partial charge in [0.05, 0.1) is 0 Å². The second kappa shape index (κ2) is 9.15. The van der Waals surface area contributed by atoms with E-state index in [0.29, 0.717) is 0 Å². The van der Waals surface area contributed by atoms with Crippen LogP contribution in [0.5, 0.6) is 0 Å². The van der Waals surface area contributed by atoms with Crippen LogP contribution >= 0.6 is 0 Å². The van der Waals surface area contributed by atoms with Crippen molar-refractivity contribution < 1.29 is 0 Å². The quantitative estimate of drug-likeness (QED) is 0.599. The summed E-state index contributed by atoms with van der Waals surface area (Å²) in [5.41, 5.74) is 0. The predicted molar refractivity (Wildman–Crippen MR) is 92.7 cm³/mol. The van der Waals surface area contributed by atoms with Gasteiger partial charge in [0.1, 0.15) is 0 Å². The van der Waals surface area contributed by atoms with E-state index in [1.807, 2.05) is 0 Å². The Morgan fingerprint density at radius 2 is 1.76 bits per heavy atom. The summed E-state index contributed by atoms with van der Waals surface area (Å²) < 4.78 is 0. The molecule has 2 nitrogen and oxygen atoms in total. The van der Waals surface area contributed by atoms with Gasteiger partial charge in [-0.2, -0.15) is 0 Å². The summed E-state index contributed by atoms with van der Waals surface area (Å²) in [6.45, 7) is 11.0. The average molecular weight is 295 g/mol. The van der Waals surface area contributed by atoms with E-state index < -0.39 is 0 Å². The molecule has 0 aromatic rings. The molecule has 0 spiro atoms. The van der Waals surface area contributed by atoms with Crippen molar-refractivity contribution in [3.8, 4) is 0 Å². The molecule has 0 aromatic carbocycles. The molecule has 1 aliphatic carbocycles. The Morgan fingerprint density at radius 1 is 1.05 bits per heavy atom. The highest BCUT2D eigenvalue weighted by molar-refractivity contribution is 4.95. The van der Waals surface area contributed by atoms with Crippen LogP contribution in [-0.2, 0) is 0 Å². The summed E-state index contributed by atoms with van der Waals surface area (Å²) in [5, 5.41) is 3.85. The molecule has 2 heteroatoms. The van der Waals surface area contributed by atoms with Crippen LogP contribution in [0.1, 0.15) is 78.6 Å². The Hall–Kier alpha value is -0.0800. The fraction of sp³-hybridized carbons (Fsp3) is 1.00. The van der Waals surface area contributed by atoms with Crippen LogP contribution in [-0.4, -0.2) is 36.6 Å². The third-order valence-electron chi connectivity index (χ3n) is 5.78. The van der Waals surface area contributed by atoms with Crippen LogP contribution in [0.15, 0.2) is 0 Å². The Morgan fingerprint density at radius 3 is 2.43 bits per heavy atom. The lowest BCUT2D eigenvalue weighted by Crippen LogP contribution is -2.59. The van der Waals surface area contributed by atoms with Crippen LogP contribution in [0.4, 0.5) is 0 Å². The fourth-order valence-electron chi connectivity index (χ4n) is 3.85. The maximum atomic E-state index is 3.85. The van der Waals surface area contributed by atoms with Crippen LogP contribution in [0.25, 0.3) is 0 Å². The number of piperazine rings is 1. The maximum Gasteiger partial charge on any atom is 0.0246 e. The highest BCUT2D eigenvalue weighted by atomic mass is 15.2. The lowest BCUT2D eigenvalue weighted by Gasteiger charge is -2.43. The van der Waals surface area contributed by atoms with Gasteiger partial charge >= 0.3 is 0 Å². The van der Waals surface area contributed by atoms with E-state index in [4.69, 9.17) is 0 Å². The number of hydrogen-bond acceptors (Lipinski definition) is 2. The second-order valence-electron chi connectivity index (χ2n) is 7.57. The van der Waals surface area contributed by atoms with Gasteiger partial charge in [0.2, 0.25) is 0 Å². The molecule has 0 amide bonds. The van der Waals surface area contributed by atoms with Crippen molar-refractivity contribution >= 4 is 0 Å². The van der Waals surface area contributed by atoms with Gasteiger partial charge in [-0.15, -0.1) is 0 Å². The molecule has 1 saturated heterocycles. The molecular formula is C19H38N2. The minimum Gasteiger partial charge on any atom is -0.311 e. The van der Waals surface area contributed by atoms with Gasteiger partial charge in [0.25, 0.3) is 0 Å². The third-order valence-corrected chi connectivity index (χ3v) is 5.78. The topological polar surface area (TPSA) is 15.3 Å². The summed E-state index contributed by atoms with van der Waals surface area (Å²) in [7, 11) is 0. The first-order valence-corrected chi connectivity index (χ1v) is 9.73. The largest absolute Gasteiger partial charge is 0.311 e. The Kier molecular flexibility index (Phi) is 7.53. The number of unbranched alkanes of at least 4 members (excludes halogenated alkanes) is 5. The molecule has 0 bridgehead atoms. The summed E-state index contributed by atoms with van der Waals surface area (Å²) in [6, 6.07) is 1.58. The molecule has 0 radical (unpaired) electrons. The Labute approximate surface area is 133 Å². The Bertz CT molecular complexity index is 275. The van der Waals surface area contributed by atoms with Crippen molar-refractivity contribution in [2.45, 2.75) is 90.6 Å². The molecule has 3 atom stereocenters. The monoisotopic (exact) mass is 294 g/mol. The number of rotatable bonds is 10. The van der Waals surface area contributed by atoms with E-state index in [9.17, 15) is 0 Å². The predicted octanol–water partition coefficient (Wildman–Crippen LogP) is 4.45. The van der Waals surface area contributed by atoms with Crippen LogP contribution < -0.4 is 5.32 Å². The first-order valence-electron chi connectivity index (χ1n) is 9.73. The number of hydrogen-bond donors (Lipinski definition) is 1. The summed E-state index contributed by atoms with van der Waals surface area (Å²) in [4.78, 5) is 2.84. The molecule has 2 rings (SSSR count). The van der Waals surface area contributed by atoms with E-state index in [0.717, 1.165) is 23.9 Å². The molecule has 2 aliphatic rings. The molecule has 124 valence electrons. The molecule has 1 heterocycles. The maximum absolute atomic E-state index is 3.85. The van der Waals surface area contributed by atoms with Crippen molar-refractivity contribution in [3.63, 3.8) is 0 Å². The fourth-order valence-corrected chi connectivity index (χ4v) is 3.85. The second-order valence-corrected chi connectivity index (χ2v) is 7.57. The van der Waals surface area contributed by atoms with Crippen LogP contribution in [0.3, 0.4) is 0 Å². The molecule has 21 heavy (non-hydrogen) atoms. The molecule has 1 saturated carbocycles. The lowest BCUT2D eigenvalue weighted by atomic mass is 9.93. The van der Waals surface area contributed by atoms with Crippen LogP contribution in [0.2, 0.25) is 0 Å². The van der Waals surface area contributed by atoms with Gasteiger partial charge in [0, 0.05) is 25.2 Å². The minimum absolute atomic E-state index is 0.778. The zero-order chi connectivity index (χ0) is 15.1. The Balaban J connectivity index is 1.73. The normalized spacial score (nSPS) is 28.7. The third kappa shape index (κ3) is 5.56.